The molecule has 0 spiro atoms. The van der Waals surface area contributed by atoms with E-state index in [1.165, 1.54) is 0 Å². The summed E-state index contributed by atoms with van der Waals surface area (Å²) in [6, 6.07) is 5.83. The van der Waals surface area contributed by atoms with Crippen molar-refractivity contribution >= 4 is 0 Å². The molecule has 0 amide bonds. The van der Waals surface area contributed by atoms with E-state index in [1.54, 1.807) is 0 Å². The Morgan fingerprint density at radius 2 is 2.33 bits per heavy atom. The van der Waals surface area contributed by atoms with Crippen molar-refractivity contribution in [2.24, 2.45) is 0 Å². The lowest BCUT2D eigenvalue weighted by molar-refractivity contribution is 0.347. The molecule has 15 heavy (non-hydrogen) atoms. The van der Waals surface area contributed by atoms with Gasteiger partial charge in [-0.25, -0.2) is 4.98 Å². The quantitative estimate of drug-likeness (QED) is 0.724. The van der Waals surface area contributed by atoms with Crippen LogP contribution in [0.4, 0.5) is 0 Å². The van der Waals surface area contributed by atoms with Crippen molar-refractivity contribution < 1.29 is 4.74 Å². The van der Waals surface area contributed by atoms with E-state index in [-0.39, 0.29) is 0 Å². The van der Waals surface area contributed by atoms with Crippen LogP contribution in [0.25, 0.3) is 0 Å². The van der Waals surface area contributed by atoms with Crippen molar-refractivity contribution in [3.05, 3.63) is 36.0 Å². The highest BCUT2D eigenvalue weighted by Gasteiger charge is 1.96. The molecule has 0 atom stereocenters. The highest BCUT2D eigenvalue weighted by Crippen LogP contribution is 2.07. The van der Waals surface area contributed by atoms with Crippen LogP contribution in [-0.2, 0) is 6.54 Å². The van der Waals surface area contributed by atoms with Crippen molar-refractivity contribution in [2.45, 2.75) is 20.4 Å². The average molecular weight is 206 g/mol. The van der Waals surface area contributed by atoms with Crippen LogP contribution >= 0.6 is 0 Å². The standard InChI is InChI=1S/C12H18N2O/c1-3-5-9-15-12-8-6-7-11(14-12)10-13-4-2/h3,5-8,13H,4,9-10H2,1-2H3. The number of nitrogens with zero attached hydrogens (tertiary/aromatic N) is 1. The summed E-state index contributed by atoms with van der Waals surface area (Å²) in [5.74, 6) is 0.684. The Morgan fingerprint density at radius 1 is 1.47 bits per heavy atom. The van der Waals surface area contributed by atoms with Gasteiger partial charge in [0.15, 0.2) is 0 Å². The molecule has 0 fully saturated rings. The lowest BCUT2D eigenvalue weighted by Crippen LogP contribution is -2.13. The van der Waals surface area contributed by atoms with Crippen LogP contribution in [0.2, 0.25) is 0 Å². The normalized spacial score (nSPS) is 10.8. The van der Waals surface area contributed by atoms with Crippen molar-refractivity contribution in [3.8, 4) is 5.88 Å². The maximum Gasteiger partial charge on any atom is 0.213 e. The van der Waals surface area contributed by atoms with Gasteiger partial charge in [0.25, 0.3) is 0 Å². The first-order valence-corrected chi connectivity index (χ1v) is 5.27. The van der Waals surface area contributed by atoms with Crippen LogP contribution in [0.3, 0.4) is 0 Å². The van der Waals surface area contributed by atoms with E-state index in [0.717, 1.165) is 18.8 Å². The van der Waals surface area contributed by atoms with Gasteiger partial charge in [-0.2, -0.15) is 0 Å². The first-order valence-electron chi connectivity index (χ1n) is 5.27. The Kier molecular flexibility index (Phi) is 5.48. The van der Waals surface area contributed by atoms with Gasteiger partial charge in [-0.05, 0) is 19.5 Å². The molecule has 0 aliphatic heterocycles. The summed E-state index contributed by atoms with van der Waals surface area (Å²) in [6.45, 7) is 6.36. The first kappa shape index (κ1) is 11.7. The Bertz CT molecular complexity index is 310. The predicted molar refractivity (Wildman–Crippen MR) is 61.9 cm³/mol. The molecule has 0 unspecified atom stereocenters. The largest absolute Gasteiger partial charge is 0.473 e. The van der Waals surface area contributed by atoms with E-state index in [1.807, 2.05) is 37.3 Å². The fourth-order valence-corrected chi connectivity index (χ4v) is 1.12. The Morgan fingerprint density at radius 3 is 3.07 bits per heavy atom. The lowest BCUT2D eigenvalue weighted by Gasteiger charge is -2.05. The van der Waals surface area contributed by atoms with Crippen LogP contribution in [0.15, 0.2) is 30.4 Å². The van der Waals surface area contributed by atoms with E-state index in [4.69, 9.17) is 4.74 Å². The molecule has 1 rings (SSSR count). The molecule has 1 N–H and O–H groups in total. The predicted octanol–water partition coefficient (Wildman–Crippen LogP) is 2.15. The molecule has 1 heterocycles. The third-order valence-electron chi connectivity index (χ3n) is 1.90. The summed E-state index contributed by atoms with van der Waals surface area (Å²) in [5, 5.41) is 3.23. The summed E-state index contributed by atoms with van der Waals surface area (Å²) < 4.78 is 5.44. The number of ether oxygens (including phenoxy) is 1. The van der Waals surface area contributed by atoms with Gasteiger partial charge >= 0.3 is 0 Å². The number of pyridine rings is 1. The Balaban J connectivity index is 2.49. The second-order valence-corrected chi connectivity index (χ2v) is 3.13. The van der Waals surface area contributed by atoms with Crippen LogP contribution in [-0.4, -0.2) is 18.1 Å². The van der Waals surface area contributed by atoms with Crippen molar-refractivity contribution in [3.63, 3.8) is 0 Å². The molecule has 0 radical (unpaired) electrons. The molecule has 82 valence electrons. The van der Waals surface area contributed by atoms with Crippen LogP contribution in [0.1, 0.15) is 19.5 Å². The van der Waals surface area contributed by atoms with E-state index in [0.29, 0.717) is 12.5 Å². The maximum atomic E-state index is 5.44. The Labute approximate surface area is 91.2 Å². The summed E-state index contributed by atoms with van der Waals surface area (Å²) >= 11 is 0. The van der Waals surface area contributed by atoms with Gasteiger partial charge in [-0.3, -0.25) is 0 Å². The van der Waals surface area contributed by atoms with Gasteiger partial charge in [-0.15, -0.1) is 0 Å². The second-order valence-electron chi connectivity index (χ2n) is 3.13. The Hall–Kier alpha value is -1.35. The van der Waals surface area contributed by atoms with Crippen molar-refractivity contribution in [1.29, 1.82) is 0 Å². The summed E-state index contributed by atoms with van der Waals surface area (Å²) in [7, 11) is 0. The molecule has 0 bridgehead atoms. The minimum Gasteiger partial charge on any atom is -0.473 e. The third kappa shape index (κ3) is 4.61. The van der Waals surface area contributed by atoms with E-state index < -0.39 is 0 Å². The van der Waals surface area contributed by atoms with E-state index in [9.17, 15) is 0 Å². The van der Waals surface area contributed by atoms with Gasteiger partial charge in [0.05, 0.1) is 5.69 Å². The SMILES string of the molecule is CC=CCOc1cccc(CNCC)n1. The number of aromatic nitrogens is 1. The van der Waals surface area contributed by atoms with Gasteiger partial charge in [0, 0.05) is 12.6 Å². The smallest absolute Gasteiger partial charge is 0.213 e. The monoisotopic (exact) mass is 206 g/mol. The van der Waals surface area contributed by atoms with Gasteiger partial charge in [0.1, 0.15) is 6.61 Å². The lowest BCUT2D eigenvalue weighted by atomic mass is 10.3. The molecule has 0 aliphatic carbocycles. The second kappa shape index (κ2) is 7.01. The number of nitrogens with one attached hydrogen (secondary N) is 1. The highest BCUT2D eigenvalue weighted by molar-refractivity contribution is 5.15. The van der Waals surface area contributed by atoms with Crippen LogP contribution in [0, 0.1) is 0 Å². The first-order chi connectivity index (χ1) is 7.36. The highest BCUT2D eigenvalue weighted by atomic mass is 16.5. The minimum absolute atomic E-state index is 0.578. The van der Waals surface area contributed by atoms with Crippen molar-refractivity contribution in [2.75, 3.05) is 13.2 Å². The number of hydrogen-bond acceptors (Lipinski definition) is 3. The minimum atomic E-state index is 0.578. The summed E-state index contributed by atoms with van der Waals surface area (Å²) in [5.41, 5.74) is 1.01. The molecular formula is C12H18N2O. The fourth-order valence-electron chi connectivity index (χ4n) is 1.12. The summed E-state index contributed by atoms with van der Waals surface area (Å²) in [4.78, 5) is 4.36. The number of hydrogen-bond donors (Lipinski definition) is 1. The number of rotatable bonds is 6. The van der Waals surface area contributed by atoms with Crippen LogP contribution in [0.5, 0.6) is 5.88 Å². The molecule has 0 saturated carbocycles. The molecular weight excluding hydrogens is 188 g/mol. The molecule has 3 heteroatoms. The van der Waals surface area contributed by atoms with Gasteiger partial charge in [0.2, 0.25) is 5.88 Å². The molecule has 0 aromatic carbocycles. The maximum absolute atomic E-state index is 5.44. The third-order valence-corrected chi connectivity index (χ3v) is 1.90. The van der Waals surface area contributed by atoms with Gasteiger partial charge < -0.3 is 10.1 Å². The molecule has 0 aliphatic rings. The molecule has 1 aromatic heterocycles. The molecule has 1 aromatic rings. The fraction of sp³-hybridized carbons (Fsp3) is 0.417. The number of allylic oxidation sites excluding steroid dienone is 1. The zero-order chi connectivity index (χ0) is 10.9. The van der Waals surface area contributed by atoms with E-state index >= 15 is 0 Å². The van der Waals surface area contributed by atoms with Crippen molar-refractivity contribution in [1.82, 2.24) is 10.3 Å². The summed E-state index contributed by atoms with van der Waals surface area (Å²) in [6.07, 6.45) is 3.92. The van der Waals surface area contributed by atoms with Gasteiger partial charge in [-0.1, -0.05) is 25.1 Å². The van der Waals surface area contributed by atoms with Crippen LogP contribution < -0.4 is 10.1 Å². The molecule has 3 nitrogen and oxygen atoms in total. The topological polar surface area (TPSA) is 34.1 Å². The molecule has 0 saturated heterocycles. The average Bonchev–Trinajstić information content (AvgIpc) is 2.27. The van der Waals surface area contributed by atoms with E-state index in [2.05, 4.69) is 17.2 Å². The zero-order valence-electron chi connectivity index (χ0n) is 9.36. The zero-order valence-corrected chi connectivity index (χ0v) is 9.36.